The molecule has 2 N–H and O–H groups in total. The van der Waals surface area contributed by atoms with E-state index in [4.69, 9.17) is 10.5 Å². The van der Waals surface area contributed by atoms with Gasteiger partial charge in [-0.05, 0) is 18.2 Å². The summed E-state index contributed by atoms with van der Waals surface area (Å²) in [4.78, 5) is 25.2. The smallest absolute Gasteiger partial charge is 0.337 e. The maximum Gasteiger partial charge on any atom is 0.337 e. The molecular formula is C13H16N2O4. The molecule has 0 aliphatic carbocycles. The van der Waals surface area contributed by atoms with Crippen LogP contribution in [0.5, 0.6) is 0 Å². The van der Waals surface area contributed by atoms with Crippen molar-refractivity contribution in [3.63, 3.8) is 0 Å². The molecule has 1 unspecified atom stereocenters. The van der Waals surface area contributed by atoms with E-state index in [1.807, 2.05) is 0 Å². The lowest BCUT2D eigenvalue weighted by Gasteiger charge is -2.32. The number of hydrogen-bond acceptors (Lipinski definition) is 5. The Bertz CT molecular complexity index is 489. The number of rotatable bonds is 3. The highest BCUT2D eigenvalue weighted by atomic mass is 16.5. The summed E-state index contributed by atoms with van der Waals surface area (Å²) >= 11 is 0. The zero-order valence-corrected chi connectivity index (χ0v) is 10.7. The maximum atomic E-state index is 12.1. The van der Waals surface area contributed by atoms with E-state index in [1.165, 1.54) is 7.11 Å². The highest BCUT2D eigenvalue weighted by molar-refractivity contribution is 5.99. The number of nitrogens with zero attached hydrogens (tertiary/aromatic N) is 1. The highest BCUT2D eigenvalue weighted by Gasteiger charge is 2.29. The largest absolute Gasteiger partial charge is 0.465 e. The van der Waals surface area contributed by atoms with Gasteiger partial charge in [-0.15, -0.1) is 0 Å². The Morgan fingerprint density at radius 3 is 3.05 bits per heavy atom. The van der Waals surface area contributed by atoms with Gasteiger partial charge in [0, 0.05) is 18.8 Å². The van der Waals surface area contributed by atoms with E-state index in [0.717, 1.165) is 0 Å². The van der Waals surface area contributed by atoms with Crippen LogP contribution < -0.4 is 10.6 Å². The lowest BCUT2D eigenvalue weighted by molar-refractivity contribution is -0.133. The Hall–Kier alpha value is -1.92. The third-order valence-corrected chi connectivity index (χ3v) is 2.97. The Balaban J connectivity index is 2.26. The van der Waals surface area contributed by atoms with Crippen molar-refractivity contribution in [2.45, 2.75) is 6.10 Å². The first-order valence-corrected chi connectivity index (χ1v) is 5.98. The van der Waals surface area contributed by atoms with Gasteiger partial charge in [0.15, 0.2) is 0 Å². The minimum absolute atomic E-state index is 0.145. The van der Waals surface area contributed by atoms with Crippen LogP contribution >= 0.6 is 0 Å². The molecule has 1 aromatic rings. The SMILES string of the molecule is COC(=O)c1cccc(N2CCOC(CN)C2=O)c1. The number of amides is 1. The van der Waals surface area contributed by atoms with Gasteiger partial charge >= 0.3 is 5.97 Å². The Morgan fingerprint density at radius 2 is 2.37 bits per heavy atom. The third kappa shape index (κ3) is 2.74. The van der Waals surface area contributed by atoms with Crippen LogP contribution in [0.15, 0.2) is 24.3 Å². The molecule has 0 saturated carbocycles. The summed E-state index contributed by atoms with van der Waals surface area (Å²) in [5, 5.41) is 0. The first kappa shape index (κ1) is 13.5. The van der Waals surface area contributed by atoms with Gasteiger partial charge in [0.25, 0.3) is 5.91 Å². The van der Waals surface area contributed by atoms with E-state index in [-0.39, 0.29) is 12.5 Å². The number of methoxy groups -OCH3 is 1. The zero-order chi connectivity index (χ0) is 13.8. The summed E-state index contributed by atoms with van der Waals surface area (Å²) in [7, 11) is 1.32. The number of esters is 1. The highest BCUT2D eigenvalue weighted by Crippen LogP contribution is 2.20. The molecule has 0 spiro atoms. The molecule has 1 heterocycles. The number of carbonyl (C=O) groups excluding carboxylic acids is 2. The fraction of sp³-hybridized carbons (Fsp3) is 0.385. The van der Waals surface area contributed by atoms with Gasteiger partial charge in [-0.2, -0.15) is 0 Å². The van der Waals surface area contributed by atoms with Gasteiger partial charge in [0.2, 0.25) is 0 Å². The summed E-state index contributed by atoms with van der Waals surface area (Å²) in [6.45, 7) is 1.02. The fourth-order valence-corrected chi connectivity index (χ4v) is 1.99. The predicted octanol–water partition coefficient (Wildman–Crippen LogP) is 0.164. The molecule has 1 aliphatic heterocycles. The Morgan fingerprint density at radius 1 is 1.58 bits per heavy atom. The first-order chi connectivity index (χ1) is 9.17. The topological polar surface area (TPSA) is 81.9 Å². The minimum atomic E-state index is -0.615. The van der Waals surface area contributed by atoms with Crippen LogP contribution in [-0.2, 0) is 14.3 Å². The van der Waals surface area contributed by atoms with Crippen LogP contribution in [-0.4, -0.2) is 44.8 Å². The van der Waals surface area contributed by atoms with E-state index in [9.17, 15) is 9.59 Å². The number of benzene rings is 1. The number of carbonyl (C=O) groups is 2. The molecular weight excluding hydrogens is 248 g/mol. The van der Waals surface area contributed by atoms with Gasteiger partial charge < -0.3 is 20.1 Å². The van der Waals surface area contributed by atoms with Crippen LogP contribution in [0, 0.1) is 0 Å². The van der Waals surface area contributed by atoms with Crippen molar-refractivity contribution in [1.29, 1.82) is 0 Å². The number of anilines is 1. The molecule has 1 aliphatic rings. The number of morpholine rings is 1. The monoisotopic (exact) mass is 264 g/mol. The average molecular weight is 264 g/mol. The quantitative estimate of drug-likeness (QED) is 0.787. The minimum Gasteiger partial charge on any atom is -0.465 e. The van der Waals surface area contributed by atoms with Crippen LogP contribution in [0.4, 0.5) is 5.69 Å². The normalized spacial score (nSPS) is 19.4. The molecule has 19 heavy (non-hydrogen) atoms. The zero-order valence-electron chi connectivity index (χ0n) is 10.7. The number of nitrogens with two attached hydrogens (primary N) is 1. The molecule has 6 nitrogen and oxygen atoms in total. The van der Waals surface area contributed by atoms with Crippen LogP contribution in [0.25, 0.3) is 0 Å². The molecule has 0 aromatic heterocycles. The first-order valence-electron chi connectivity index (χ1n) is 5.98. The van der Waals surface area contributed by atoms with E-state index < -0.39 is 12.1 Å². The van der Waals surface area contributed by atoms with Crippen molar-refractivity contribution in [3.8, 4) is 0 Å². The summed E-state index contributed by atoms with van der Waals surface area (Å²) in [6, 6.07) is 6.74. The van der Waals surface area contributed by atoms with Crippen LogP contribution in [0.1, 0.15) is 10.4 Å². The summed E-state index contributed by atoms with van der Waals surface area (Å²) < 4.78 is 9.94. The van der Waals surface area contributed by atoms with E-state index >= 15 is 0 Å². The molecule has 1 amide bonds. The number of ether oxygens (including phenoxy) is 2. The van der Waals surface area contributed by atoms with E-state index in [1.54, 1.807) is 29.2 Å². The van der Waals surface area contributed by atoms with Crippen LogP contribution in [0.2, 0.25) is 0 Å². The van der Waals surface area contributed by atoms with Crippen LogP contribution in [0.3, 0.4) is 0 Å². The van der Waals surface area contributed by atoms with Gasteiger partial charge in [-0.25, -0.2) is 4.79 Å². The Kier molecular flexibility index (Phi) is 4.13. The van der Waals surface area contributed by atoms with Crippen molar-refractivity contribution >= 4 is 17.6 Å². The van der Waals surface area contributed by atoms with Gasteiger partial charge in [0.05, 0.1) is 19.3 Å². The molecule has 0 radical (unpaired) electrons. The second-order valence-electron chi connectivity index (χ2n) is 4.13. The van der Waals surface area contributed by atoms with Gasteiger partial charge in [0.1, 0.15) is 6.10 Å². The van der Waals surface area contributed by atoms with E-state index in [0.29, 0.717) is 24.4 Å². The summed E-state index contributed by atoms with van der Waals surface area (Å²) in [5.74, 6) is -0.617. The number of hydrogen-bond donors (Lipinski definition) is 1. The standard InChI is InChI=1S/C13H16N2O4/c1-18-13(17)9-3-2-4-10(7-9)15-5-6-19-11(8-14)12(15)16/h2-4,7,11H,5-6,8,14H2,1H3. The van der Waals surface area contributed by atoms with Gasteiger partial charge in [-0.3, -0.25) is 4.79 Å². The van der Waals surface area contributed by atoms with Gasteiger partial charge in [-0.1, -0.05) is 6.07 Å². The molecule has 1 saturated heterocycles. The third-order valence-electron chi connectivity index (χ3n) is 2.97. The van der Waals surface area contributed by atoms with Crippen molar-refractivity contribution in [3.05, 3.63) is 29.8 Å². The van der Waals surface area contributed by atoms with Crippen molar-refractivity contribution in [2.24, 2.45) is 5.73 Å². The average Bonchev–Trinajstić information content (AvgIpc) is 2.46. The molecule has 1 atom stereocenters. The predicted molar refractivity (Wildman–Crippen MR) is 68.9 cm³/mol. The molecule has 0 bridgehead atoms. The molecule has 102 valence electrons. The molecule has 1 fully saturated rings. The molecule has 2 rings (SSSR count). The lowest BCUT2D eigenvalue weighted by atomic mass is 10.1. The summed E-state index contributed by atoms with van der Waals surface area (Å²) in [5.41, 5.74) is 6.54. The van der Waals surface area contributed by atoms with Crippen molar-refractivity contribution in [1.82, 2.24) is 0 Å². The van der Waals surface area contributed by atoms with E-state index in [2.05, 4.69) is 4.74 Å². The fourth-order valence-electron chi connectivity index (χ4n) is 1.99. The Labute approximate surface area is 111 Å². The second kappa shape index (κ2) is 5.81. The van der Waals surface area contributed by atoms with Crippen molar-refractivity contribution in [2.75, 3.05) is 31.7 Å². The maximum absolute atomic E-state index is 12.1. The molecule has 6 heteroatoms. The van der Waals surface area contributed by atoms with Crippen molar-refractivity contribution < 1.29 is 19.1 Å². The lowest BCUT2D eigenvalue weighted by Crippen LogP contribution is -2.50. The second-order valence-corrected chi connectivity index (χ2v) is 4.13. The summed E-state index contributed by atoms with van der Waals surface area (Å²) in [6.07, 6.45) is -0.615. The molecule has 1 aromatic carbocycles.